The maximum Gasteiger partial charge on any atom is 0.333 e. The van der Waals surface area contributed by atoms with Crippen molar-refractivity contribution in [1.82, 2.24) is 77.7 Å². The Balaban J connectivity index is 0.000000103. The average molecular weight is 1480 g/mol. The third kappa shape index (κ3) is 10.9. The van der Waals surface area contributed by atoms with Crippen LogP contribution in [0.15, 0.2) is 185 Å². The van der Waals surface area contributed by atoms with E-state index in [0.717, 1.165) is 43.1 Å². The number of hydrogen-bond donors (Lipinski definition) is 5. The molecule has 0 bridgehead atoms. The van der Waals surface area contributed by atoms with Crippen molar-refractivity contribution in [2.45, 2.75) is 93.8 Å². The highest BCUT2D eigenvalue weighted by Gasteiger charge is 2.52. The molecule has 4 amide bonds. The van der Waals surface area contributed by atoms with Crippen molar-refractivity contribution in [2.75, 3.05) is 39.4 Å². The molecule has 110 heavy (non-hydrogen) atoms. The molecule has 0 saturated carbocycles. The van der Waals surface area contributed by atoms with Gasteiger partial charge in [0.15, 0.2) is 5.79 Å². The normalized spacial score (nSPS) is 20.3. The Labute approximate surface area is 617 Å². The SMILES string of the molecule is O=C1CCN2C(=O)c3cccc(-n4c(=O)[nH]c5cnccc5c4=O)c3C2C1.O=C1c2cccc(-n3c(=O)[nH]c4cnccc4c3=O)c2C2CC(O)CCN12.O=C1c2cccc(-n3c(=O)[nH]c4cnccc4c3=O)c2C2CC3(CCN12)OCCO3.O=C1c2cccc(-n3c(=O)[nH]c4cnccc4c3=O)c2C2CCCCN12. The lowest BCUT2D eigenvalue weighted by Crippen LogP contribution is -2.46. The Morgan fingerprint density at radius 1 is 0.391 bits per heavy atom. The van der Waals surface area contributed by atoms with Crippen molar-refractivity contribution >= 4 is 73.0 Å². The molecular weight excluding hydrogens is 1420 g/mol. The Morgan fingerprint density at radius 3 is 1.17 bits per heavy atom. The number of H-pyrrole nitrogens is 4. The number of nitrogens with zero attached hydrogens (tertiary/aromatic N) is 12. The molecule has 0 radical (unpaired) electrons. The molecule has 17 heterocycles. The van der Waals surface area contributed by atoms with Crippen LogP contribution in [-0.2, 0) is 14.3 Å². The van der Waals surface area contributed by atoms with Gasteiger partial charge in [-0.05, 0) is 105 Å². The number of aliphatic hydroxyl groups excluding tert-OH is 1. The van der Waals surface area contributed by atoms with Crippen LogP contribution in [0.1, 0.15) is 146 Å². The van der Waals surface area contributed by atoms with Crippen LogP contribution in [-0.4, -0.2) is 164 Å². The van der Waals surface area contributed by atoms with Gasteiger partial charge in [-0.2, -0.15) is 0 Å². The van der Waals surface area contributed by atoms with E-state index in [2.05, 4.69) is 39.9 Å². The zero-order chi connectivity index (χ0) is 75.7. The van der Waals surface area contributed by atoms with E-state index in [1.165, 1.54) is 55.6 Å². The van der Waals surface area contributed by atoms with Gasteiger partial charge in [-0.25, -0.2) is 37.4 Å². The Hall–Kier alpha value is -13.3. The van der Waals surface area contributed by atoms with E-state index in [1.807, 2.05) is 4.90 Å². The smallest absolute Gasteiger partial charge is 0.333 e. The first-order valence-corrected chi connectivity index (χ1v) is 36.0. The van der Waals surface area contributed by atoms with Crippen LogP contribution in [0, 0.1) is 0 Å². The molecule has 0 aliphatic carbocycles. The number of hydrogen-bond acceptors (Lipinski definition) is 20. The van der Waals surface area contributed by atoms with Crippen LogP contribution in [0.4, 0.5) is 0 Å². The highest BCUT2D eigenvalue weighted by molar-refractivity contribution is 6.04. The van der Waals surface area contributed by atoms with Crippen molar-refractivity contribution in [1.29, 1.82) is 0 Å². The molecule has 9 aliphatic heterocycles. The molecule has 5 atom stereocenters. The predicted octanol–water partition coefficient (Wildman–Crippen LogP) is 4.52. The summed E-state index contributed by atoms with van der Waals surface area (Å²) < 4.78 is 16.1. The molecular formula is C78H64N16O16. The van der Waals surface area contributed by atoms with E-state index in [1.54, 1.807) is 106 Å². The standard InChI is InChI=1S/C21H18N4O5.C19H16N4O4.C19H14N4O4.C19H16N4O3/c26-18-13-2-1-3-15(25-19(27)12-4-6-22-11-14(12)23-20(25)28)17(13)16-10-21(5-7-24(16)18)29-8-9-30-21;2*24-10-5-7-22-15(8-10)16-12(17(22)25)2-1-3-14(16)23-18(26)11-4-6-20-9-13(11)21-19(23)27;24-17-12-4-3-6-15(16(12)14-5-1-2-9-22(14)17)23-18(25)11-7-8-20-10-13(11)21-19(23)26/h1-4,6,11,16H,5,7-10H2,(H,23,28);1-4,6,9-10,15,24H,5,7-8H2,(H,21,27);1-4,6,9,15H,5,7-8H2,(H,21,27);3-4,6-8,10,14H,1-2,5,9H2,(H,21,26). The summed E-state index contributed by atoms with van der Waals surface area (Å²) in [6, 6.07) is 25.5. The van der Waals surface area contributed by atoms with E-state index in [4.69, 9.17) is 9.47 Å². The molecule has 32 nitrogen and oxygen atoms in total. The summed E-state index contributed by atoms with van der Waals surface area (Å²) in [6.07, 6.45) is 16.6. The first kappa shape index (κ1) is 68.5. The maximum absolute atomic E-state index is 13.2. The first-order valence-electron chi connectivity index (χ1n) is 36.0. The number of benzene rings is 4. The summed E-state index contributed by atoms with van der Waals surface area (Å²) in [5.74, 6) is -1.06. The predicted molar refractivity (Wildman–Crippen MR) is 394 cm³/mol. The van der Waals surface area contributed by atoms with Crippen molar-refractivity contribution in [2.24, 2.45) is 0 Å². The van der Waals surface area contributed by atoms with Crippen LogP contribution in [0.3, 0.4) is 0 Å². The van der Waals surface area contributed by atoms with Gasteiger partial charge in [0.25, 0.3) is 45.9 Å². The van der Waals surface area contributed by atoms with Crippen LogP contribution in [0.5, 0.6) is 0 Å². The number of aromatic amines is 4. The molecule has 5 N–H and O–H groups in total. The van der Waals surface area contributed by atoms with E-state index < -0.39 is 62.9 Å². The van der Waals surface area contributed by atoms with E-state index in [9.17, 15) is 67.4 Å². The molecule has 21 rings (SSSR count). The maximum atomic E-state index is 13.2. The molecule has 5 saturated heterocycles. The van der Waals surface area contributed by atoms with Crippen molar-refractivity contribution < 1.29 is 38.6 Å². The van der Waals surface area contributed by atoms with Crippen LogP contribution < -0.4 is 45.0 Å². The number of carbonyl (C=O) groups excluding carboxylic acids is 5. The largest absolute Gasteiger partial charge is 0.393 e. The molecule has 8 aromatic heterocycles. The molecule has 5 fully saturated rings. The molecule has 552 valence electrons. The number of pyridine rings is 4. The third-order valence-corrected chi connectivity index (χ3v) is 22.3. The molecule has 12 aromatic rings. The number of piperidine rings is 4. The average Bonchev–Trinajstić information content (AvgIpc) is 1.56. The van der Waals surface area contributed by atoms with Crippen LogP contribution in [0.25, 0.3) is 66.4 Å². The monoisotopic (exact) mass is 1480 g/mol. The number of aliphatic hydroxyl groups is 1. The van der Waals surface area contributed by atoms with Crippen LogP contribution in [0.2, 0.25) is 0 Å². The second kappa shape index (κ2) is 26.6. The first-order chi connectivity index (χ1) is 53.4. The van der Waals surface area contributed by atoms with E-state index in [0.29, 0.717) is 177 Å². The second-order valence-electron chi connectivity index (χ2n) is 28.2. The fourth-order valence-electron chi connectivity index (χ4n) is 17.4. The number of aromatic nitrogens is 12. The lowest BCUT2D eigenvalue weighted by atomic mass is 9.91. The van der Waals surface area contributed by atoms with Crippen molar-refractivity contribution in [3.05, 3.63) is 274 Å². The van der Waals surface area contributed by atoms with Crippen molar-refractivity contribution in [3.8, 4) is 22.7 Å². The van der Waals surface area contributed by atoms with Gasteiger partial charge in [-0.15, -0.1) is 0 Å². The van der Waals surface area contributed by atoms with Gasteiger partial charge in [-0.1, -0.05) is 24.3 Å². The molecule has 4 aromatic carbocycles. The number of Topliss-reactive ketones (excluding diaryl/α,β-unsaturated/α-hetero) is 1. The van der Waals surface area contributed by atoms with Gasteiger partial charge >= 0.3 is 22.8 Å². The second-order valence-corrected chi connectivity index (χ2v) is 28.2. The van der Waals surface area contributed by atoms with Gasteiger partial charge in [0, 0.05) is 121 Å². The topological polar surface area (TPSA) is 408 Å². The number of fused-ring (bicyclic) bond motifs is 16. The van der Waals surface area contributed by atoms with Gasteiger partial charge in [-0.3, -0.25) is 63.1 Å². The highest BCUT2D eigenvalue weighted by atomic mass is 16.7. The lowest BCUT2D eigenvalue weighted by molar-refractivity contribution is -0.191. The number of ketones is 1. The minimum absolute atomic E-state index is 0.0129. The third-order valence-electron chi connectivity index (χ3n) is 22.3. The molecule has 9 aliphatic rings. The minimum Gasteiger partial charge on any atom is -0.393 e. The van der Waals surface area contributed by atoms with Crippen LogP contribution >= 0.6 is 0 Å². The fourth-order valence-corrected chi connectivity index (χ4v) is 17.4. The Morgan fingerprint density at radius 2 is 0.755 bits per heavy atom. The Kier molecular flexibility index (Phi) is 16.5. The number of rotatable bonds is 4. The minimum atomic E-state index is -0.720. The summed E-state index contributed by atoms with van der Waals surface area (Å²) in [6.45, 7) is 3.05. The summed E-state index contributed by atoms with van der Waals surface area (Å²) in [4.78, 5) is 200. The quantitative estimate of drug-likeness (QED) is 0.162. The van der Waals surface area contributed by atoms with Gasteiger partial charge in [0.1, 0.15) is 5.78 Å². The number of nitrogens with one attached hydrogen (secondary N) is 4. The summed E-state index contributed by atoms with van der Waals surface area (Å²) in [5, 5.41) is 11.5. The fraction of sp³-hybridized carbons (Fsp3) is 0.269. The molecule has 1 spiro atoms. The number of amides is 4. The molecule has 5 unspecified atom stereocenters. The van der Waals surface area contributed by atoms with E-state index in [-0.39, 0.29) is 54.0 Å². The summed E-state index contributed by atoms with van der Waals surface area (Å²) in [7, 11) is 0. The van der Waals surface area contributed by atoms with E-state index >= 15 is 0 Å². The Bertz CT molecular complexity index is 6520. The van der Waals surface area contributed by atoms with Crippen molar-refractivity contribution in [3.63, 3.8) is 0 Å². The summed E-state index contributed by atoms with van der Waals surface area (Å²) >= 11 is 0. The van der Waals surface area contributed by atoms with Gasteiger partial charge < -0.3 is 54.1 Å². The number of ether oxygens (including phenoxy) is 2. The zero-order valence-electron chi connectivity index (χ0n) is 58.3. The zero-order valence-corrected chi connectivity index (χ0v) is 58.3. The summed E-state index contributed by atoms with van der Waals surface area (Å²) in [5.41, 5.74) is 3.69. The molecule has 32 heteroatoms. The lowest BCUT2D eigenvalue weighted by Gasteiger charge is -2.40. The number of carbonyl (C=O) groups is 5. The van der Waals surface area contributed by atoms with Gasteiger partial charge in [0.2, 0.25) is 0 Å². The highest BCUT2D eigenvalue weighted by Crippen LogP contribution is 2.49. The van der Waals surface area contributed by atoms with Gasteiger partial charge in [0.05, 0.1) is 135 Å².